The minimum Gasteiger partial charge on any atom is -0.352 e. The summed E-state index contributed by atoms with van der Waals surface area (Å²) in [6.45, 7) is 0.410. The Bertz CT molecular complexity index is 1140. The number of carbonyl (C=O) groups excluding carboxylic acids is 1. The van der Waals surface area contributed by atoms with Crippen LogP contribution in [0.2, 0.25) is 5.15 Å². The highest BCUT2D eigenvalue weighted by Gasteiger charge is 2.15. The number of nitrogens with zero attached hydrogens (tertiary/aromatic N) is 3. The van der Waals surface area contributed by atoms with Gasteiger partial charge in [0.25, 0.3) is 5.91 Å². The van der Waals surface area contributed by atoms with Crippen LogP contribution in [0.4, 0.5) is 4.39 Å². The second kappa shape index (κ2) is 7.74. The van der Waals surface area contributed by atoms with Crippen LogP contribution in [-0.2, 0) is 6.42 Å². The molecule has 8 heteroatoms. The average Bonchev–Trinajstić information content (AvgIpc) is 3.14. The second-order valence-electron chi connectivity index (χ2n) is 6.11. The molecule has 0 saturated carbocycles. The molecule has 0 atom stereocenters. The summed E-state index contributed by atoms with van der Waals surface area (Å²) in [6, 6.07) is 11.2. The van der Waals surface area contributed by atoms with Crippen molar-refractivity contribution in [2.45, 2.75) is 6.42 Å². The summed E-state index contributed by atoms with van der Waals surface area (Å²) < 4.78 is 13.1. The molecule has 0 saturated heterocycles. The Morgan fingerprint density at radius 1 is 1.11 bits per heavy atom. The van der Waals surface area contributed by atoms with E-state index < -0.39 is 0 Å². The average molecular weight is 396 g/mol. The van der Waals surface area contributed by atoms with Crippen LogP contribution in [0, 0.1) is 5.82 Å². The molecule has 6 nitrogen and oxygen atoms in total. The monoisotopic (exact) mass is 395 g/mol. The smallest absolute Gasteiger partial charge is 0.253 e. The van der Waals surface area contributed by atoms with Crippen LogP contribution in [0.5, 0.6) is 0 Å². The number of pyridine rings is 2. The molecule has 140 valence electrons. The summed E-state index contributed by atoms with van der Waals surface area (Å²) in [5.41, 5.74) is 2.95. The van der Waals surface area contributed by atoms with Gasteiger partial charge in [-0.1, -0.05) is 17.7 Å². The van der Waals surface area contributed by atoms with Crippen LogP contribution in [0.25, 0.3) is 22.6 Å². The predicted molar refractivity (Wildman–Crippen MR) is 105 cm³/mol. The maximum atomic E-state index is 13.1. The standard InChI is InChI=1S/C20H15ClFN5O/c21-17-12(2-1-9-23-17)7-10-25-20(28)15-8-11-24-19-16(15)26-18(27-19)13-3-5-14(22)6-4-13/h1-6,8-9,11H,7,10H2,(H,25,28)(H,24,26,27). The lowest BCUT2D eigenvalue weighted by Gasteiger charge is -2.06. The highest BCUT2D eigenvalue weighted by atomic mass is 35.5. The number of hydrogen-bond acceptors (Lipinski definition) is 4. The molecule has 28 heavy (non-hydrogen) atoms. The van der Waals surface area contributed by atoms with Crippen LogP contribution in [-0.4, -0.2) is 32.4 Å². The Kier molecular flexibility index (Phi) is 4.99. The molecule has 4 rings (SSSR count). The second-order valence-corrected chi connectivity index (χ2v) is 6.47. The fraction of sp³-hybridized carbons (Fsp3) is 0.100. The number of amides is 1. The lowest BCUT2D eigenvalue weighted by atomic mass is 10.2. The van der Waals surface area contributed by atoms with E-state index in [0.29, 0.717) is 46.2 Å². The van der Waals surface area contributed by atoms with E-state index in [1.54, 1.807) is 30.5 Å². The van der Waals surface area contributed by atoms with Gasteiger partial charge in [0, 0.05) is 24.5 Å². The van der Waals surface area contributed by atoms with Crippen LogP contribution < -0.4 is 5.32 Å². The number of carbonyl (C=O) groups is 1. The fourth-order valence-corrected chi connectivity index (χ4v) is 3.07. The molecular weight excluding hydrogens is 381 g/mol. The molecule has 0 aliphatic carbocycles. The van der Waals surface area contributed by atoms with E-state index in [9.17, 15) is 9.18 Å². The van der Waals surface area contributed by atoms with Gasteiger partial charge in [-0.05, 0) is 48.4 Å². The van der Waals surface area contributed by atoms with Crippen molar-refractivity contribution >= 4 is 28.7 Å². The number of benzene rings is 1. The van der Waals surface area contributed by atoms with Crippen molar-refractivity contribution in [3.63, 3.8) is 0 Å². The lowest BCUT2D eigenvalue weighted by molar-refractivity contribution is 0.0955. The number of rotatable bonds is 5. The number of fused-ring (bicyclic) bond motifs is 1. The van der Waals surface area contributed by atoms with Crippen LogP contribution in [0.15, 0.2) is 54.9 Å². The number of halogens is 2. The molecule has 3 aromatic heterocycles. The molecule has 0 radical (unpaired) electrons. The van der Waals surface area contributed by atoms with E-state index in [0.717, 1.165) is 5.56 Å². The number of aromatic nitrogens is 4. The Balaban J connectivity index is 1.54. The third-order valence-corrected chi connectivity index (χ3v) is 4.61. The van der Waals surface area contributed by atoms with Crippen LogP contribution in [0.1, 0.15) is 15.9 Å². The van der Waals surface area contributed by atoms with Crippen LogP contribution >= 0.6 is 11.6 Å². The van der Waals surface area contributed by atoms with Crippen molar-refractivity contribution < 1.29 is 9.18 Å². The van der Waals surface area contributed by atoms with E-state index in [2.05, 4.69) is 25.3 Å². The molecule has 0 spiro atoms. The number of aromatic amines is 1. The van der Waals surface area contributed by atoms with Crippen LogP contribution in [0.3, 0.4) is 0 Å². The van der Waals surface area contributed by atoms with Gasteiger partial charge in [-0.15, -0.1) is 0 Å². The zero-order valence-corrected chi connectivity index (χ0v) is 15.4. The summed E-state index contributed by atoms with van der Waals surface area (Å²) in [4.78, 5) is 28.4. The van der Waals surface area contributed by atoms with Gasteiger partial charge in [0.05, 0.1) is 11.1 Å². The lowest BCUT2D eigenvalue weighted by Crippen LogP contribution is -2.26. The number of imidazole rings is 1. The maximum Gasteiger partial charge on any atom is 0.253 e. The molecular formula is C20H15ClFN5O. The minimum atomic E-state index is -0.327. The minimum absolute atomic E-state index is 0.248. The number of nitrogens with one attached hydrogen (secondary N) is 2. The highest BCUT2D eigenvalue weighted by Crippen LogP contribution is 2.22. The van der Waals surface area contributed by atoms with Gasteiger partial charge >= 0.3 is 0 Å². The van der Waals surface area contributed by atoms with Crippen molar-refractivity contribution in [3.8, 4) is 11.4 Å². The van der Waals surface area contributed by atoms with Gasteiger partial charge in [0.15, 0.2) is 5.65 Å². The molecule has 4 aromatic rings. The molecule has 0 fully saturated rings. The summed E-state index contributed by atoms with van der Waals surface area (Å²) in [5, 5.41) is 3.30. The highest BCUT2D eigenvalue weighted by molar-refractivity contribution is 6.30. The summed E-state index contributed by atoms with van der Waals surface area (Å²) >= 11 is 6.04. The first-order valence-corrected chi connectivity index (χ1v) is 8.98. The Labute approximate surface area is 164 Å². The normalized spacial score (nSPS) is 10.9. The Morgan fingerprint density at radius 3 is 2.71 bits per heavy atom. The van der Waals surface area contributed by atoms with Crippen molar-refractivity contribution in [1.82, 2.24) is 25.3 Å². The van der Waals surface area contributed by atoms with Crippen molar-refractivity contribution in [2.75, 3.05) is 6.54 Å². The van der Waals surface area contributed by atoms with Gasteiger partial charge in [-0.2, -0.15) is 0 Å². The number of H-pyrrole nitrogens is 1. The molecule has 1 amide bonds. The van der Waals surface area contributed by atoms with E-state index in [4.69, 9.17) is 11.6 Å². The molecule has 0 unspecified atom stereocenters. The Hall–Kier alpha value is -3.32. The third kappa shape index (κ3) is 3.70. The van der Waals surface area contributed by atoms with E-state index >= 15 is 0 Å². The zero-order chi connectivity index (χ0) is 19.5. The zero-order valence-electron chi connectivity index (χ0n) is 14.6. The first-order valence-electron chi connectivity index (χ1n) is 8.60. The van der Waals surface area contributed by atoms with Gasteiger partial charge in [0.1, 0.15) is 16.8 Å². The quantitative estimate of drug-likeness (QED) is 0.504. The van der Waals surface area contributed by atoms with Crippen molar-refractivity contribution in [1.29, 1.82) is 0 Å². The molecule has 0 aliphatic rings. The van der Waals surface area contributed by atoms with Gasteiger partial charge in [0.2, 0.25) is 0 Å². The first kappa shape index (κ1) is 18.1. The molecule has 2 N–H and O–H groups in total. The van der Waals surface area contributed by atoms with Crippen molar-refractivity contribution in [3.05, 3.63) is 77.0 Å². The maximum absolute atomic E-state index is 13.1. The third-order valence-electron chi connectivity index (χ3n) is 4.27. The van der Waals surface area contributed by atoms with Crippen molar-refractivity contribution in [2.24, 2.45) is 0 Å². The topological polar surface area (TPSA) is 83.6 Å². The van der Waals surface area contributed by atoms with Gasteiger partial charge < -0.3 is 10.3 Å². The molecule has 0 bridgehead atoms. The van der Waals surface area contributed by atoms with Gasteiger partial charge in [-0.3, -0.25) is 4.79 Å². The summed E-state index contributed by atoms with van der Waals surface area (Å²) in [7, 11) is 0. The Morgan fingerprint density at radius 2 is 1.93 bits per heavy atom. The summed E-state index contributed by atoms with van der Waals surface area (Å²) in [5.74, 6) is -0.0571. The van der Waals surface area contributed by atoms with Gasteiger partial charge in [-0.25, -0.2) is 19.3 Å². The first-order chi connectivity index (χ1) is 13.6. The predicted octanol–water partition coefficient (Wildman–Crippen LogP) is 3.78. The largest absolute Gasteiger partial charge is 0.352 e. The SMILES string of the molecule is O=C(NCCc1cccnc1Cl)c1ccnc2nc(-c3ccc(F)cc3)[nH]c12. The number of hydrogen-bond donors (Lipinski definition) is 2. The van der Waals surface area contributed by atoms with E-state index in [1.807, 2.05) is 6.07 Å². The molecule has 0 aliphatic heterocycles. The summed E-state index contributed by atoms with van der Waals surface area (Å²) in [6.07, 6.45) is 3.72. The van der Waals surface area contributed by atoms with E-state index in [1.165, 1.54) is 18.3 Å². The fourth-order valence-electron chi connectivity index (χ4n) is 2.86. The van der Waals surface area contributed by atoms with E-state index in [-0.39, 0.29) is 11.7 Å². The molecule has 3 heterocycles. The molecule has 1 aromatic carbocycles.